The molecule has 0 radical (unpaired) electrons. The van der Waals surface area contributed by atoms with E-state index in [1.807, 2.05) is 18.7 Å². The van der Waals surface area contributed by atoms with Gasteiger partial charge in [-0.05, 0) is 75.5 Å². The molecule has 2 aliphatic rings. The number of alkyl halides is 1. The molecule has 1 saturated heterocycles. The molecule has 2 rings (SSSR count). The summed E-state index contributed by atoms with van der Waals surface area (Å²) in [7, 11) is 0. The van der Waals surface area contributed by atoms with Crippen molar-refractivity contribution in [2.24, 2.45) is 23.7 Å². The molecule has 32 heavy (non-hydrogen) atoms. The number of nitrogens with one attached hydrogen (secondary N) is 1. The Kier molecular flexibility index (Phi) is 11.5. The second-order valence-corrected chi connectivity index (χ2v) is 10.6. The molecule has 4 nitrogen and oxygen atoms in total. The normalized spacial score (nSPS) is 23.8. The van der Waals surface area contributed by atoms with Gasteiger partial charge in [0.25, 0.3) is 0 Å². The lowest BCUT2D eigenvalue weighted by atomic mass is 9.77. The third-order valence-corrected chi connectivity index (χ3v) is 8.08. The maximum Gasteiger partial charge on any atom is 0.245 e. The highest BCUT2D eigenvalue weighted by molar-refractivity contribution is 6.29. The zero-order chi connectivity index (χ0) is 23.7. The van der Waals surface area contributed by atoms with Crippen LogP contribution in [0.2, 0.25) is 0 Å². The molecular weight excluding hydrogens is 427 g/mol. The maximum absolute atomic E-state index is 13.4. The second kappa shape index (κ2) is 13.6. The van der Waals surface area contributed by atoms with Crippen molar-refractivity contribution < 1.29 is 14.0 Å². The number of likely N-dealkylation sites (tertiary alicyclic amines) is 1. The van der Waals surface area contributed by atoms with E-state index in [9.17, 15) is 14.0 Å². The lowest BCUT2D eigenvalue weighted by Gasteiger charge is -2.39. The van der Waals surface area contributed by atoms with Crippen LogP contribution in [0, 0.1) is 23.7 Å². The zero-order valence-electron chi connectivity index (χ0n) is 20.5. The van der Waals surface area contributed by atoms with Crippen LogP contribution in [0.1, 0.15) is 91.9 Å². The first-order chi connectivity index (χ1) is 15.2. The summed E-state index contributed by atoms with van der Waals surface area (Å²) in [4.78, 5) is 28.1. The number of hydrogen-bond acceptors (Lipinski definition) is 2. The van der Waals surface area contributed by atoms with Crippen LogP contribution in [0.25, 0.3) is 0 Å². The quantitative estimate of drug-likeness (QED) is 0.389. The molecule has 0 aromatic heterocycles. The molecule has 0 aromatic carbocycles. The molecule has 2 amide bonds. The van der Waals surface area contributed by atoms with E-state index < -0.39 is 12.2 Å². The Hall–Kier alpha value is -1.10. The summed E-state index contributed by atoms with van der Waals surface area (Å²) in [6, 6.07) is -0.474. The van der Waals surface area contributed by atoms with E-state index >= 15 is 0 Å². The highest BCUT2D eigenvalue weighted by Gasteiger charge is 2.34. The van der Waals surface area contributed by atoms with Gasteiger partial charge in [0.1, 0.15) is 6.04 Å². The second-order valence-electron chi connectivity index (χ2n) is 10.1. The molecule has 0 saturated carbocycles. The highest BCUT2D eigenvalue weighted by atomic mass is 35.5. The monoisotopic (exact) mass is 470 g/mol. The topological polar surface area (TPSA) is 49.4 Å². The number of rotatable bonds is 11. The largest absolute Gasteiger partial charge is 0.344 e. The molecule has 1 heterocycles. The molecule has 184 valence electrons. The lowest BCUT2D eigenvalue weighted by molar-refractivity contribution is -0.139. The van der Waals surface area contributed by atoms with E-state index in [1.165, 1.54) is 0 Å². The van der Waals surface area contributed by atoms with Gasteiger partial charge in [0.15, 0.2) is 0 Å². The van der Waals surface area contributed by atoms with Gasteiger partial charge in [-0.1, -0.05) is 51.3 Å². The Morgan fingerprint density at radius 2 is 1.81 bits per heavy atom. The van der Waals surface area contributed by atoms with Crippen molar-refractivity contribution in [2.45, 2.75) is 104 Å². The number of nitrogens with zero attached hydrogens (tertiary/aromatic N) is 1. The Balaban J connectivity index is 1.90. The Labute approximate surface area is 199 Å². The van der Waals surface area contributed by atoms with Gasteiger partial charge in [-0.2, -0.15) is 0 Å². The van der Waals surface area contributed by atoms with Crippen molar-refractivity contribution in [1.29, 1.82) is 0 Å². The van der Waals surface area contributed by atoms with Crippen molar-refractivity contribution in [3.8, 4) is 0 Å². The fraction of sp³-hybridized carbons (Fsp3) is 0.846. The van der Waals surface area contributed by atoms with Crippen LogP contribution >= 0.6 is 11.6 Å². The van der Waals surface area contributed by atoms with Gasteiger partial charge in [-0.15, -0.1) is 0 Å². The summed E-state index contributed by atoms with van der Waals surface area (Å²) in [5.41, 5.74) is 0. The van der Waals surface area contributed by atoms with E-state index in [-0.39, 0.29) is 23.7 Å². The van der Waals surface area contributed by atoms with Crippen LogP contribution in [0.4, 0.5) is 4.39 Å². The van der Waals surface area contributed by atoms with E-state index in [1.54, 1.807) is 6.92 Å². The highest BCUT2D eigenvalue weighted by Crippen LogP contribution is 2.36. The molecule has 0 aromatic rings. The van der Waals surface area contributed by atoms with Crippen LogP contribution in [0.15, 0.2) is 11.1 Å². The van der Waals surface area contributed by atoms with Gasteiger partial charge >= 0.3 is 0 Å². The average molecular weight is 471 g/mol. The van der Waals surface area contributed by atoms with Crippen molar-refractivity contribution in [1.82, 2.24) is 10.2 Å². The van der Waals surface area contributed by atoms with Crippen LogP contribution in [-0.4, -0.2) is 42.0 Å². The van der Waals surface area contributed by atoms with E-state index in [0.717, 1.165) is 63.1 Å². The average Bonchev–Trinajstić information content (AvgIpc) is 2.79. The van der Waals surface area contributed by atoms with E-state index in [2.05, 4.69) is 18.3 Å². The van der Waals surface area contributed by atoms with E-state index in [4.69, 9.17) is 11.6 Å². The van der Waals surface area contributed by atoms with Crippen LogP contribution < -0.4 is 5.32 Å². The lowest BCUT2D eigenvalue weighted by Crippen LogP contribution is -2.53. The van der Waals surface area contributed by atoms with Gasteiger partial charge in [-0.3, -0.25) is 9.59 Å². The smallest absolute Gasteiger partial charge is 0.245 e. The van der Waals surface area contributed by atoms with E-state index in [0.29, 0.717) is 31.1 Å². The Morgan fingerprint density at radius 1 is 1.12 bits per heavy atom. The molecule has 0 spiro atoms. The summed E-state index contributed by atoms with van der Waals surface area (Å²) in [6.07, 6.45) is 9.81. The van der Waals surface area contributed by atoms with Crippen LogP contribution in [0.5, 0.6) is 0 Å². The standard InChI is InChI=1S/C26H44ClFN2O2/c1-5-18(3)25(29-24(31)17-20(6-2)8-7-19(4)28)26(32)30-15-13-22(14-16-30)21-9-11-23(27)12-10-21/h11,18-22,25H,5-10,12-17H2,1-4H3,(H,29,31)/t18-,19?,20?,21?,25+/m0/s1. The van der Waals surface area contributed by atoms with Crippen LogP contribution in [0.3, 0.4) is 0 Å². The summed E-state index contributed by atoms with van der Waals surface area (Å²) in [6.45, 7) is 9.24. The summed E-state index contributed by atoms with van der Waals surface area (Å²) in [5, 5.41) is 4.04. The number of hydrogen-bond donors (Lipinski definition) is 1. The van der Waals surface area contributed by atoms with Gasteiger partial charge in [0.05, 0.1) is 6.17 Å². The minimum Gasteiger partial charge on any atom is -0.344 e. The van der Waals surface area contributed by atoms with Gasteiger partial charge < -0.3 is 10.2 Å². The fourth-order valence-electron chi connectivity index (χ4n) is 5.13. The molecule has 1 aliphatic carbocycles. The van der Waals surface area contributed by atoms with Gasteiger partial charge in [-0.25, -0.2) is 4.39 Å². The number of carbonyl (C=O) groups excluding carboxylic acids is 2. The summed E-state index contributed by atoms with van der Waals surface area (Å²) >= 11 is 6.13. The van der Waals surface area contributed by atoms with Crippen molar-refractivity contribution >= 4 is 23.4 Å². The van der Waals surface area contributed by atoms with Crippen molar-refractivity contribution in [3.05, 3.63) is 11.1 Å². The fourth-order valence-corrected chi connectivity index (χ4v) is 5.33. The third-order valence-electron chi connectivity index (χ3n) is 7.73. The first-order valence-electron chi connectivity index (χ1n) is 12.8. The molecule has 1 aliphatic heterocycles. The predicted octanol–water partition coefficient (Wildman–Crippen LogP) is 6.23. The zero-order valence-corrected chi connectivity index (χ0v) is 21.3. The van der Waals surface area contributed by atoms with Crippen molar-refractivity contribution in [3.63, 3.8) is 0 Å². The van der Waals surface area contributed by atoms with Crippen molar-refractivity contribution in [2.75, 3.05) is 13.1 Å². The Morgan fingerprint density at radius 3 is 2.34 bits per heavy atom. The number of piperidine rings is 1. The minimum atomic E-state index is -0.842. The number of carbonyl (C=O) groups is 2. The summed E-state index contributed by atoms with van der Waals surface area (Å²) < 4.78 is 13.2. The molecule has 1 N–H and O–H groups in total. The first-order valence-corrected chi connectivity index (χ1v) is 13.2. The molecule has 5 atom stereocenters. The third kappa shape index (κ3) is 8.35. The number of halogens is 2. The molecule has 6 heteroatoms. The number of allylic oxidation sites excluding steroid dienone is 2. The maximum atomic E-state index is 13.4. The van der Waals surface area contributed by atoms with Gasteiger partial charge in [0.2, 0.25) is 11.8 Å². The Bertz CT molecular complexity index is 631. The predicted molar refractivity (Wildman–Crippen MR) is 130 cm³/mol. The molecule has 0 bridgehead atoms. The summed E-state index contributed by atoms with van der Waals surface area (Å²) in [5.74, 6) is 1.55. The SMILES string of the molecule is CCC(CCC(C)F)CC(=O)N[C@@H](C(=O)N1CCC(C2CC=C(Cl)CC2)CC1)[C@@H](C)CC. The minimum absolute atomic E-state index is 0.0585. The first kappa shape index (κ1) is 27.1. The van der Waals surface area contributed by atoms with Gasteiger partial charge in [0, 0.05) is 24.5 Å². The number of amides is 2. The molecular formula is C26H44ClFN2O2. The molecule has 1 fully saturated rings. The molecule has 3 unspecified atom stereocenters. The van der Waals surface area contributed by atoms with Crippen LogP contribution in [-0.2, 0) is 9.59 Å².